The minimum Gasteiger partial charge on any atom is -0.361 e. The number of hydrogen-bond donors (Lipinski definition) is 2. The van der Waals surface area contributed by atoms with Gasteiger partial charge in [-0.3, -0.25) is 4.79 Å². The molecule has 0 aromatic carbocycles. The molecule has 0 spiro atoms. The van der Waals surface area contributed by atoms with Gasteiger partial charge in [0.15, 0.2) is 5.82 Å². The largest absolute Gasteiger partial charge is 0.361 e. The zero-order valence-electron chi connectivity index (χ0n) is 13.1. The van der Waals surface area contributed by atoms with Crippen molar-refractivity contribution in [1.29, 1.82) is 0 Å². The minimum absolute atomic E-state index is 0.0444. The van der Waals surface area contributed by atoms with Gasteiger partial charge in [0, 0.05) is 26.8 Å². The van der Waals surface area contributed by atoms with Crippen molar-refractivity contribution in [2.45, 2.75) is 38.5 Å². The second kappa shape index (κ2) is 6.89. The molecule has 1 amide bonds. The normalized spacial score (nSPS) is 17.9. The molecule has 21 heavy (non-hydrogen) atoms. The Labute approximate surface area is 126 Å². The van der Waals surface area contributed by atoms with Gasteiger partial charge in [0.25, 0.3) is 0 Å². The van der Waals surface area contributed by atoms with E-state index >= 15 is 0 Å². The predicted molar refractivity (Wildman–Crippen MR) is 86.4 cm³/mol. The van der Waals surface area contributed by atoms with Gasteiger partial charge in [0.05, 0.1) is 11.1 Å². The Morgan fingerprint density at radius 1 is 1.33 bits per heavy atom. The lowest BCUT2D eigenvalue weighted by atomic mass is 9.79. The quantitative estimate of drug-likeness (QED) is 0.835. The molecule has 5 nitrogen and oxygen atoms in total. The first kappa shape index (κ1) is 15.8. The molecule has 2 rings (SSSR count). The highest BCUT2D eigenvalue weighted by Gasteiger charge is 2.37. The maximum absolute atomic E-state index is 12.8. The first-order valence-corrected chi connectivity index (χ1v) is 7.73. The molecule has 1 aromatic rings. The lowest BCUT2D eigenvalue weighted by Crippen LogP contribution is -2.42. The molecule has 1 heterocycles. The van der Waals surface area contributed by atoms with Crippen molar-refractivity contribution in [1.82, 2.24) is 4.98 Å². The fourth-order valence-electron chi connectivity index (χ4n) is 3.04. The van der Waals surface area contributed by atoms with Gasteiger partial charge in [-0.2, -0.15) is 0 Å². The van der Waals surface area contributed by atoms with E-state index < -0.39 is 5.41 Å². The number of carbonyl (C=O) groups excluding carboxylic acids is 1. The molecule has 0 aliphatic heterocycles. The Kier molecular flexibility index (Phi) is 5.17. The van der Waals surface area contributed by atoms with Crippen molar-refractivity contribution < 1.29 is 4.79 Å². The third kappa shape index (κ3) is 3.53. The highest BCUT2D eigenvalue weighted by Crippen LogP contribution is 2.36. The number of rotatable bonds is 4. The Hall–Kier alpha value is -1.62. The molecule has 5 heteroatoms. The summed E-state index contributed by atoms with van der Waals surface area (Å²) in [4.78, 5) is 19.0. The monoisotopic (exact) mass is 290 g/mol. The smallest absolute Gasteiger partial charge is 0.231 e. The van der Waals surface area contributed by atoms with Crippen LogP contribution in [0.15, 0.2) is 18.3 Å². The number of amides is 1. The fraction of sp³-hybridized carbons (Fsp3) is 0.625. The van der Waals surface area contributed by atoms with Crippen molar-refractivity contribution >= 4 is 17.4 Å². The van der Waals surface area contributed by atoms with E-state index in [4.69, 9.17) is 5.73 Å². The number of hydrogen-bond acceptors (Lipinski definition) is 4. The number of pyridine rings is 1. The summed E-state index contributed by atoms with van der Waals surface area (Å²) in [5.41, 5.74) is 6.31. The first-order valence-electron chi connectivity index (χ1n) is 7.73. The number of nitrogens with two attached hydrogens (primary N) is 1. The summed E-state index contributed by atoms with van der Waals surface area (Å²) < 4.78 is 0. The van der Waals surface area contributed by atoms with Crippen LogP contribution in [-0.4, -0.2) is 31.5 Å². The molecule has 0 radical (unpaired) electrons. The number of nitrogens with one attached hydrogen (secondary N) is 1. The van der Waals surface area contributed by atoms with Gasteiger partial charge in [-0.1, -0.05) is 25.7 Å². The van der Waals surface area contributed by atoms with Gasteiger partial charge in [0.1, 0.15) is 0 Å². The lowest BCUT2D eigenvalue weighted by Gasteiger charge is -2.30. The maximum atomic E-state index is 12.8. The highest BCUT2D eigenvalue weighted by molar-refractivity contribution is 5.97. The average molecular weight is 290 g/mol. The molecule has 1 aliphatic rings. The molecule has 0 atom stereocenters. The number of carbonyl (C=O) groups is 1. The van der Waals surface area contributed by atoms with Crippen molar-refractivity contribution in [2.75, 3.05) is 30.9 Å². The topological polar surface area (TPSA) is 71.2 Å². The third-order valence-electron chi connectivity index (χ3n) is 4.39. The number of nitrogens with zero attached hydrogens (tertiary/aromatic N) is 2. The molecule has 1 saturated carbocycles. The van der Waals surface area contributed by atoms with Crippen LogP contribution < -0.4 is 16.0 Å². The Morgan fingerprint density at radius 3 is 2.57 bits per heavy atom. The molecule has 3 N–H and O–H groups in total. The van der Waals surface area contributed by atoms with Crippen molar-refractivity contribution in [2.24, 2.45) is 11.1 Å². The van der Waals surface area contributed by atoms with Crippen molar-refractivity contribution in [3.8, 4) is 0 Å². The second-order valence-corrected chi connectivity index (χ2v) is 6.12. The van der Waals surface area contributed by atoms with Crippen molar-refractivity contribution in [3.05, 3.63) is 18.3 Å². The molecule has 0 saturated heterocycles. The summed E-state index contributed by atoms with van der Waals surface area (Å²) >= 11 is 0. The summed E-state index contributed by atoms with van der Waals surface area (Å²) in [5.74, 6) is 0.814. The summed E-state index contributed by atoms with van der Waals surface area (Å²) in [6, 6.07) is 3.73. The fourth-order valence-corrected chi connectivity index (χ4v) is 3.04. The van der Waals surface area contributed by atoms with Crippen LogP contribution in [0, 0.1) is 5.41 Å². The van der Waals surface area contributed by atoms with E-state index in [1.807, 2.05) is 31.1 Å². The van der Waals surface area contributed by atoms with E-state index in [-0.39, 0.29) is 5.91 Å². The molecule has 1 fully saturated rings. The van der Waals surface area contributed by atoms with E-state index in [9.17, 15) is 4.79 Å². The predicted octanol–water partition coefficient (Wildman–Crippen LogP) is 2.39. The maximum Gasteiger partial charge on any atom is 0.231 e. The first-order chi connectivity index (χ1) is 10.1. The summed E-state index contributed by atoms with van der Waals surface area (Å²) in [7, 11) is 3.84. The Morgan fingerprint density at radius 2 is 2.00 bits per heavy atom. The van der Waals surface area contributed by atoms with Gasteiger partial charge in [-0.25, -0.2) is 4.98 Å². The zero-order chi connectivity index (χ0) is 15.3. The SMILES string of the molecule is CN(C)c1ncccc1NC(=O)C1(CN)CCCCCC1. The van der Waals surface area contributed by atoms with Crippen LogP contribution >= 0.6 is 0 Å². The standard InChI is InChI=1S/C16H26N4O/c1-20(2)14-13(8-7-11-18-14)19-15(21)16(12-17)9-5-3-4-6-10-16/h7-8,11H,3-6,9-10,12,17H2,1-2H3,(H,19,21). The van der Waals surface area contributed by atoms with E-state index in [1.165, 1.54) is 12.8 Å². The van der Waals surface area contributed by atoms with Gasteiger partial charge < -0.3 is 16.0 Å². The number of anilines is 2. The van der Waals surface area contributed by atoms with E-state index in [0.29, 0.717) is 6.54 Å². The second-order valence-electron chi connectivity index (χ2n) is 6.12. The zero-order valence-corrected chi connectivity index (χ0v) is 13.1. The van der Waals surface area contributed by atoms with Crippen LogP contribution in [0.3, 0.4) is 0 Å². The highest BCUT2D eigenvalue weighted by atomic mass is 16.2. The Bertz CT molecular complexity index is 479. The molecule has 1 aliphatic carbocycles. The van der Waals surface area contributed by atoms with Crippen LogP contribution in [0.5, 0.6) is 0 Å². The minimum atomic E-state index is -0.421. The van der Waals surface area contributed by atoms with Crippen LogP contribution in [0.1, 0.15) is 38.5 Å². The van der Waals surface area contributed by atoms with E-state index in [0.717, 1.165) is 37.2 Å². The molecule has 0 bridgehead atoms. The van der Waals surface area contributed by atoms with Gasteiger partial charge >= 0.3 is 0 Å². The van der Waals surface area contributed by atoms with Crippen LogP contribution in [0.25, 0.3) is 0 Å². The molecule has 1 aromatic heterocycles. The summed E-state index contributed by atoms with van der Waals surface area (Å²) in [6.45, 7) is 0.413. The molecular weight excluding hydrogens is 264 g/mol. The number of aromatic nitrogens is 1. The lowest BCUT2D eigenvalue weighted by molar-refractivity contribution is -0.125. The van der Waals surface area contributed by atoms with Crippen LogP contribution in [0.2, 0.25) is 0 Å². The van der Waals surface area contributed by atoms with Crippen LogP contribution in [-0.2, 0) is 4.79 Å². The Balaban J connectivity index is 2.19. The van der Waals surface area contributed by atoms with Crippen molar-refractivity contribution in [3.63, 3.8) is 0 Å². The molecular formula is C16H26N4O. The van der Waals surface area contributed by atoms with Gasteiger partial charge in [-0.05, 0) is 25.0 Å². The summed E-state index contributed by atoms with van der Waals surface area (Å²) in [5, 5.41) is 3.06. The summed E-state index contributed by atoms with van der Waals surface area (Å²) in [6.07, 6.45) is 8.06. The van der Waals surface area contributed by atoms with E-state index in [2.05, 4.69) is 10.3 Å². The van der Waals surface area contributed by atoms with Crippen LogP contribution in [0.4, 0.5) is 11.5 Å². The van der Waals surface area contributed by atoms with E-state index in [1.54, 1.807) is 6.20 Å². The van der Waals surface area contributed by atoms with Gasteiger partial charge in [-0.15, -0.1) is 0 Å². The average Bonchev–Trinajstić information content (AvgIpc) is 2.74. The molecule has 116 valence electrons. The van der Waals surface area contributed by atoms with Gasteiger partial charge in [0.2, 0.25) is 5.91 Å². The third-order valence-corrected chi connectivity index (χ3v) is 4.39. The molecule has 0 unspecified atom stereocenters.